The Bertz CT molecular complexity index is 509. The fraction of sp³-hybridized carbons (Fsp3) is 0.167. The van der Waals surface area contributed by atoms with Crippen molar-refractivity contribution in [2.24, 2.45) is 0 Å². The van der Waals surface area contributed by atoms with Gasteiger partial charge in [0.15, 0.2) is 0 Å². The van der Waals surface area contributed by atoms with E-state index >= 15 is 0 Å². The first kappa shape index (κ1) is 13.0. The highest BCUT2D eigenvalue weighted by atomic mass is 79.9. The first-order chi connectivity index (χ1) is 8.06. The highest BCUT2D eigenvalue weighted by Gasteiger charge is 2.13. The Kier molecular flexibility index (Phi) is 4.20. The third-order valence-electron chi connectivity index (χ3n) is 2.34. The largest absolute Gasteiger partial charge is 0.388 e. The first-order valence-corrected chi connectivity index (χ1v) is 6.97. The molecule has 0 radical (unpaired) electrons. The lowest BCUT2D eigenvalue weighted by molar-refractivity contribution is 0.179. The van der Waals surface area contributed by atoms with Crippen molar-refractivity contribution in [1.29, 1.82) is 0 Å². The van der Waals surface area contributed by atoms with Crippen LogP contribution in [0.2, 0.25) is 5.02 Å². The summed E-state index contributed by atoms with van der Waals surface area (Å²) >= 11 is 10.7. The van der Waals surface area contributed by atoms with Crippen LogP contribution in [0.15, 0.2) is 34.1 Å². The Hall–Kier alpha value is -0.420. The quantitative estimate of drug-likeness (QED) is 0.870. The van der Waals surface area contributed by atoms with E-state index in [4.69, 9.17) is 11.6 Å². The molecular weight excluding hydrogens is 327 g/mol. The molecule has 2 aromatic rings. The molecule has 2 rings (SSSR count). The summed E-state index contributed by atoms with van der Waals surface area (Å²) in [6, 6.07) is 6.03. The summed E-state index contributed by atoms with van der Waals surface area (Å²) in [5, 5.41) is 12.3. The smallest absolute Gasteiger partial charge is 0.125 e. The van der Waals surface area contributed by atoms with Gasteiger partial charge in [0.1, 0.15) is 5.82 Å². The molecule has 0 spiro atoms. The van der Waals surface area contributed by atoms with Crippen LogP contribution in [0.4, 0.5) is 4.39 Å². The molecular formula is C12H9BrClFOS. The van der Waals surface area contributed by atoms with E-state index in [1.54, 1.807) is 17.4 Å². The average Bonchev–Trinajstić information content (AvgIpc) is 2.63. The molecule has 0 amide bonds. The molecule has 1 unspecified atom stereocenters. The number of rotatable bonds is 3. The molecule has 5 heteroatoms. The van der Waals surface area contributed by atoms with Crippen molar-refractivity contribution in [2.45, 2.75) is 12.5 Å². The highest BCUT2D eigenvalue weighted by Crippen LogP contribution is 2.29. The molecule has 1 nitrogen and oxygen atoms in total. The Labute approximate surface area is 116 Å². The number of aliphatic hydroxyl groups excluding tert-OH is 1. The van der Waals surface area contributed by atoms with E-state index in [0.29, 0.717) is 17.0 Å². The third-order valence-corrected chi connectivity index (χ3v) is 4.51. The van der Waals surface area contributed by atoms with Crippen molar-refractivity contribution >= 4 is 38.9 Å². The summed E-state index contributed by atoms with van der Waals surface area (Å²) < 4.78 is 14.1. The summed E-state index contributed by atoms with van der Waals surface area (Å²) in [5.74, 6) is -0.434. The number of hydrogen-bond acceptors (Lipinski definition) is 2. The van der Waals surface area contributed by atoms with E-state index in [1.807, 2.05) is 11.4 Å². The zero-order chi connectivity index (χ0) is 12.4. The van der Waals surface area contributed by atoms with Crippen molar-refractivity contribution < 1.29 is 9.50 Å². The molecule has 1 N–H and O–H groups in total. The molecule has 90 valence electrons. The van der Waals surface area contributed by atoms with E-state index in [0.717, 1.165) is 9.35 Å². The van der Waals surface area contributed by atoms with Gasteiger partial charge in [-0.3, -0.25) is 0 Å². The van der Waals surface area contributed by atoms with Gasteiger partial charge < -0.3 is 5.11 Å². The van der Waals surface area contributed by atoms with E-state index in [1.165, 1.54) is 12.1 Å². The molecule has 1 aromatic carbocycles. The number of thiophene rings is 1. The van der Waals surface area contributed by atoms with Gasteiger partial charge in [-0.2, -0.15) is 0 Å². The molecule has 0 saturated heterocycles. The van der Waals surface area contributed by atoms with Crippen LogP contribution < -0.4 is 0 Å². The summed E-state index contributed by atoms with van der Waals surface area (Å²) in [6.07, 6.45) is -0.309. The standard InChI is InChI=1S/C12H9BrClFOS/c13-10-1-2-17-12(10)6-11(16)7-3-8(14)5-9(15)4-7/h1-5,11,16H,6H2. The zero-order valence-electron chi connectivity index (χ0n) is 8.66. The average molecular weight is 336 g/mol. The fourth-order valence-corrected chi connectivity index (χ4v) is 3.31. The summed E-state index contributed by atoms with van der Waals surface area (Å²) in [7, 11) is 0. The van der Waals surface area contributed by atoms with Gasteiger partial charge in [-0.1, -0.05) is 11.6 Å². The maximum absolute atomic E-state index is 13.1. The van der Waals surface area contributed by atoms with Crippen LogP contribution in [-0.4, -0.2) is 5.11 Å². The van der Waals surface area contributed by atoms with Crippen molar-refractivity contribution in [1.82, 2.24) is 0 Å². The minimum absolute atomic E-state index is 0.296. The number of benzene rings is 1. The predicted molar refractivity (Wildman–Crippen MR) is 72.1 cm³/mol. The topological polar surface area (TPSA) is 20.2 Å². The second-order valence-corrected chi connectivity index (χ2v) is 5.91. The van der Waals surface area contributed by atoms with Crippen LogP contribution in [0.3, 0.4) is 0 Å². The second kappa shape index (κ2) is 5.48. The molecule has 0 saturated carbocycles. The monoisotopic (exact) mass is 334 g/mol. The second-order valence-electron chi connectivity index (χ2n) is 3.61. The number of hydrogen-bond donors (Lipinski definition) is 1. The van der Waals surface area contributed by atoms with Gasteiger partial charge in [-0.15, -0.1) is 11.3 Å². The lowest BCUT2D eigenvalue weighted by atomic mass is 10.1. The summed E-state index contributed by atoms with van der Waals surface area (Å²) in [4.78, 5) is 1.03. The normalized spacial score (nSPS) is 12.7. The first-order valence-electron chi connectivity index (χ1n) is 4.92. The highest BCUT2D eigenvalue weighted by molar-refractivity contribution is 9.10. The molecule has 1 aromatic heterocycles. The zero-order valence-corrected chi connectivity index (χ0v) is 11.8. The molecule has 0 fully saturated rings. The minimum Gasteiger partial charge on any atom is -0.388 e. The van der Waals surface area contributed by atoms with E-state index < -0.39 is 11.9 Å². The SMILES string of the molecule is OC(Cc1sccc1Br)c1cc(F)cc(Cl)c1. The Morgan fingerprint density at radius 3 is 2.76 bits per heavy atom. The maximum Gasteiger partial charge on any atom is 0.125 e. The van der Waals surface area contributed by atoms with Gasteiger partial charge >= 0.3 is 0 Å². The molecule has 0 aliphatic heterocycles. The molecule has 0 aliphatic rings. The van der Waals surface area contributed by atoms with Crippen molar-refractivity contribution in [3.63, 3.8) is 0 Å². The van der Waals surface area contributed by atoms with Crippen LogP contribution in [0.5, 0.6) is 0 Å². The van der Waals surface area contributed by atoms with E-state index in [9.17, 15) is 9.50 Å². The Morgan fingerprint density at radius 2 is 2.18 bits per heavy atom. The van der Waals surface area contributed by atoms with E-state index in [-0.39, 0.29) is 0 Å². The maximum atomic E-state index is 13.1. The van der Waals surface area contributed by atoms with Crippen LogP contribution >= 0.6 is 38.9 Å². The third kappa shape index (κ3) is 3.28. The van der Waals surface area contributed by atoms with Gasteiger partial charge in [0, 0.05) is 20.8 Å². The van der Waals surface area contributed by atoms with Crippen LogP contribution in [0, 0.1) is 5.82 Å². The van der Waals surface area contributed by atoms with Gasteiger partial charge in [0.2, 0.25) is 0 Å². The van der Waals surface area contributed by atoms with Gasteiger partial charge in [0.05, 0.1) is 6.10 Å². The van der Waals surface area contributed by atoms with Crippen molar-refractivity contribution in [3.8, 4) is 0 Å². The molecule has 17 heavy (non-hydrogen) atoms. The van der Waals surface area contributed by atoms with Crippen LogP contribution in [0.1, 0.15) is 16.5 Å². The fourth-order valence-electron chi connectivity index (χ4n) is 1.53. The number of halogens is 3. The number of aliphatic hydroxyl groups is 1. The Morgan fingerprint density at radius 1 is 1.41 bits per heavy atom. The lowest BCUT2D eigenvalue weighted by Crippen LogP contribution is -2.01. The molecule has 0 aliphatic carbocycles. The van der Waals surface area contributed by atoms with Crippen molar-refractivity contribution in [2.75, 3.05) is 0 Å². The molecule has 1 atom stereocenters. The predicted octanol–water partition coefficient (Wildman–Crippen LogP) is 4.58. The van der Waals surface area contributed by atoms with Crippen molar-refractivity contribution in [3.05, 3.63) is 55.4 Å². The molecule has 0 bridgehead atoms. The van der Waals surface area contributed by atoms with Gasteiger partial charge in [-0.05, 0) is 51.1 Å². The lowest BCUT2D eigenvalue weighted by Gasteiger charge is -2.11. The van der Waals surface area contributed by atoms with Gasteiger partial charge in [-0.25, -0.2) is 4.39 Å². The minimum atomic E-state index is -0.752. The van der Waals surface area contributed by atoms with E-state index in [2.05, 4.69) is 15.9 Å². The summed E-state index contributed by atoms with van der Waals surface area (Å²) in [6.45, 7) is 0. The van der Waals surface area contributed by atoms with Crippen LogP contribution in [0.25, 0.3) is 0 Å². The Balaban J connectivity index is 2.20. The molecule has 1 heterocycles. The van der Waals surface area contributed by atoms with Crippen LogP contribution in [-0.2, 0) is 6.42 Å². The summed E-state index contributed by atoms with van der Waals surface area (Å²) in [5.41, 5.74) is 0.496. The van der Waals surface area contributed by atoms with Gasteiger partial charge in [0.25, 0.3) is 0 Å².